The van der Waals surface area contributed by atoms with E-state index >= 15 is 0 Å². The third-order valence-electron chi connectivity index (χ3n) is 2.74. The Bertz CT molecular complexity index is 493. The maximum atomic E-state index is 11.8. The van der Waals surface area contributed by atoms with Crippen molar-refractivity contribution < 1.29 is 19.4 Å². The Labute approximate surface area is 126 Å². The molecule has 1 atom stereocenters. The van der Waals surface area contributed by atoms with E-state index in [9.17, 15) is 9.59 Å². The number of carbonyl (C=O) groups excluding carboxylic acids is 1. The lowest BCUT2D eigenvalue weighted by Gasteiger charge is -2.23. The molecule has 6 heteroatoms. The van der Waals surface area contributed by atoms with Crippen LogP contribution in [0.1, 0.15) is 32.8 Å². The summed E-state index contributed by atoms with van der Waals surface area (Å²) in [7, 11) is 1.98. The lowest BCUT2D eigenvalue weighted by atomic mass is 9.93. The molecule has 0 aliphatic heterocycles. The van der Waals surface area contributed by atoms with E-state index < -0.39 is 23.7 Å². The van der Waals surface area contributed by atoms with E-state index in [0.717, 1.165) is 11.0 Å². The first-order valence-electron chi connectivity index (χ1n) is 6.92. The molecule has 21 heavy (non-hydrogen) atoms. The highest BCUT2D eigenvalue weighted by molar-refractivity contribution is 6.32. The molecule has 0 radical (unpaired) electrons. The Morgan fingerprint density at radius 3 is 2.33 bits per heavy atom. The van der Waals surface area contributed by atoms with Crippen LogP contribution in [0.15, 0.2) is 24.3 Å². The molecule has 0 bridgehead atoms. The molecule has 0 unspecified atom stereocenters. The Morgan fingerprint density at radius 1 is 1.29 bits per heavy atom. The van der Waals surface area contributed by atoms with E-state index in [4.69, 9.17) is 9.84 Å². The molecule has 0 fully saturated rings. The summed E-state index contributed by atoms with van der Waals surface area (Å²) in [5, 5.41) is 11.6. The van der Waals surface area contributed by atoms with Crippen LogP contribution in [0.3, 0.4) is 0 Å². The van der Waals surface area contributed by atoms with Crippen LogP contribution in [0.25, 0.3) is 0 Å². The Kier molecular flexibility index (Phi) is 5.82. The summed E-state index contributed by atoms with van der Waals surface area (Å²) in [5.74, 6) is -0.955. The standard InChI is InChI=1S/C15H22BNO4/c1-15(2,3)21-14(20)17-12(9-13(18)19)8-10-4-6-11(16)7-5-10/h4-7,12H,8-9,16H2,1-3H3,(H,17,20)(H,18,19)/t12-/m1/s1. The minimum Gasteiger partial charge on any atom is -0.481 e. The van der Waals surface area contributed by atoms with Crippen molar-refractivity contribution in [1.29, 1.82) is 0 Å². The molecule has 2 N–H and O–H groups in total. The molecule has 0 saturated carbocycles. The zero-order chi connectivity index (χ0) is 16.0. The van der Waals surface area contributed by atoms with E-state index in [0.29, 0.717) is 6.42 Å². The van der Waals surface area contributed by atoms with Crippen molar-refractivity contribution in [2.75, 3.05) is 0 Å². The van der Waals surface area contributed by atoms with Gasteiger partial charge in [-0.2, -0.15) is 0 Å². The predicted molar refractivity (Wildman–Crippen MR) is 83.7 cm³/mol. The Hall–Kier alpha value is -1.98. The SMILES string of the molecule is Bc1ccc(C[C@H](CC(=O)O)NC(=O)OC(C)(C)C)cc1. The minimum absolute atomic E-state index is 0.146. The number of hydrogen-bond donors (Lipinski definition) is 2. The average Bonchev–Trinajstić information content (AvgIpc) is 2.28. The molecule has 0 aliphatic carbocycles. The molecule has 0 heterocycles. The first-order chi connectivity index (χ1) is 9.65. The molecule has 0 spiro atoms. The van der Waals surface area contributed by atoms with Crippen LogP contribution in [0.4, 0.5) is 4.79 Å². The third kappa shape index (κ3) is 7.39. The van der Waals surface area contributed by atoms with Crippen molar-refractivity contribution in [3.63, 3.8) is 0 Å². The first-order valence-corrected chi connectivity index (χ1v) is 6.92. The van der Waals surface area contributed by atoms with Gasteiger partial charge in [0, 0.05) is 6.04 Å². The van der Waals surface area contributed by atoms with Crippen LogP contribution < -0.4 is 10.8 Å². The fourth-order valence-corrected chi connectivity index (χ4v) is 1.87. The quantitative estimate of drug-likeness (QED) is 0.789. The summed E-state index contributed by atoms with van der Waals surface area (Å²) in [4.78, 5) is 22.7. The van der Waals surface area contributed by atoms with E-state index in [1.165, 1.54) is 0 Å². The van der Waals surface area contributed by atoms with Crippen molar-refractivity contribution >= 4 is 25.4 Å². The topological polar surface area (TPSA) is 75.6 Å². The van der Waals surface area contributed by atoms with E-state index in [1.807, 2.05) is 32.1 Å². The summed E-state index contributed by atoms with van der Waals surface area (Å²) in [5.41, 5.74) is 1.50. The van der Waals surface area contributed by atoms with Gasteiger partial charge >= 0.3 is 12.1 Å². The van der Waals surface area contributed by atoms with E-state index in [2.05, 4.69) is 5.32 Å². The number of rotatable bonds is 5. The number of hydrogen-bond acceptors (Lipinski definition) is 3. The zero-order valence-corrected chi connectivity index (χ0v) is 13.0. The summed E-state index contributed by atoms with van der Waals surface area (Å²) in [6.45, 7) is 5.29. The number of aliphatic carboxylic acids is 1. The van der Waals surface area contributed by atoms with Gasteiger partial charge in [0.1, 0.15) is 13.4 Å². The fourth-order valence-electron chi connectivity index (χ4n) is 1.87. The monoisotopic (exact) mass is 291 g/mol. The number of carbonyl (C=O) groups is 2. The molecule has 5 nitrogen and oxygen atoms in total. The summed E-state index contributed by atoms with van der Waals surface area (Å²) < 4.78 is 5.16. The van der Waals surface area contributed by atoms with E-state index in [-0.39, 0.29) is 6.42 Å². The van der Waals surface area contributed by atoms with Gasteiger partial charge in [0.15, 0.2) is 0 Å². The molecule has 1 aromatic carbocycles. The van der Waals surface area contributed by atoms with Crippen LogP contribution in [0.5, 0.6) is 0 Å². The second-order valence-electron chi connectivity index (χ2n) is 6.13. The normalized spacial score (nSPS) is 12.5. The lowest BCUT2D eigenvalue weighted by Crippen LogP contribution is -2.41. The van der Waals surface area contributed by atoms with Gasteiger partial charge in [-0.1, -0.05) is 29.7 Å². The Morgan fingerprint density at radius 2 is 1.86 bits per heavy atom. The second kappa shape index (κ2) is 7.15. The van der Waals surface area contributed by atoms with Crippen molar-refractivity contribution in [3.8, 4) is 0 Å². The van der Waals surface area contributed by atoms with Crippen molar-refractivity contribution in [3.05, 3.63) is 29.8 Å². The van der Waals surface area contributed by atoms with Gasteiger partial charge in [0.05, 0.1) is 6.42 Å². The summed E-state index contributed by atoms with van der Waals surface area (Å²) >= 11 is 0. The predicted octanol–water partition coefficient (Wildman–Crippen LogP) is 0.855. The third-order valence-corrected chi connectivity index (χ3v) is 2.74. The van der Waals surface area contributed by atoms with Crippen molar-refractivity contribution in [1.82, 2.24) is 5.32 Å². The van der Waals surface area contributed by atoms with Crippen molar-refractivity contribution in [2.24, 2.45) is 0 Å². The minimum atomic E-state index is -0.955. The largest absolute Gasteiger partial charge is 0.481 e. The summed E-state index contributed by atoms with van der Waals surface area (Å²) in [6, 6.07) is 7.28. The van der Waals surface area contributed by atoms with Crippen LogP contribution in [0, 0.1) is 0 Å². The number of ether oxygens (including phenoxy) is 1. The molecule has 1 aromatic rings. The van der Waals surface area contributed by atoms with Crippen LogP contribution in [-0.2, 0) is 16.0 Å². The molecule has 1 amide bonds. The molecular formula is C15H22BNO4. The number of benzene rings is 1. The van der Waals surface area contributed by atoms with Crippen molar-refractivity contribution in [2.45, 2.75) is 45.3 Å². The maximum Gasteiger partial charge on any atom is 0.407 e. The smallest absolute Gasteiger partial charge is 0.407 e. The van der Waals surface area contributed by atoms with Crippen LogP contribution in [-0.4, -0.2) is 36.7 Å². The van der Waals surface area contributed by atoms with Gasteiger partial charge in [-0.05, 0) is 32.8 Å². The number of amides is 1. The highest BCUT2D eigenvalue weighted by atomic mass is 16.6. The second-order valence-corrected chi connectivity index (χ2v) is 6.13. The maximum absolute atomic E-state index is 11.8. The highest BCUT2D eigenvalue weighted by Crippen LogP contribution is 2.09. The van der Waals surface area contributed by atoms with Gasteiger partial charge in [-0.3, -0.25) is 4.79 Å². The Balaban J connectivity index is 2.69. The molecule has 0 aromatic heterocycles. The summed E-state index contributed by atoms with van der Waals surface area (Å²) in [6.07, 6.45) is -0.292. The molecule has 0 aliphatic rings. The van der Waals surface area contributed by atoms with Gasteiger partial charge in [0.2, 0.25) is 0 Å². The van der Waals surface area contributed by atoms with Gasteiger partial charge in [-0.25, -0.2) is 4.79 Å². The van der Waals surface area contributed by atoms with Gasteiger partial charge in [0.25, 0.3) is 0 Å². The number of nitrogens with one attached hydrogen (secondary N) is 1. The highest BCUT2D eigenvalue weighted by Gasteiger charge is 2.21. The van der Waals surface area contributed by atoms with Gasteiger partial charge in [-0.15, -0.1) is 0 Å². The first kappa shape index (κ1) is 17.1. The fraction of sp³-hybridized carbons (Fsp3) is 0.467. The van der Waals surface area contributed by atoms with Gasteiger partial charge < -0.3 is 15.2 Å². The molecule has 114 valence electrons. The van der Waals surface area contributed by atoms with E-state index in [1.54, 1.807) is 20.8 Å². The molecule has 0 saturated heterocycles. The van der Waals surface area contributed by atoms with Crippen LogP contribution >= 0.6 is 0 Å². The van der Waals surface area contributed by atoms with Crippen LogP contribution in [0.2, 0.25) is 0 Å². The molecular weight excluding hydrogens is 269 g/mol. The molecule has 1 rings (SSSR count). The number of carboxylic acid groups (broad SMARTS) is 1. The number of carboxylic acids is 1. The zero-order valence-electron chi connectivity index (χ0n) is 13.0. The lowest BCUT2D eigenvalue weighted by molar-refractivity contribution is -0.137. The number of alkyl carbamates (subject to hydrolysis) is 1. The average molecular weight is 291 g/mol.